The Labute approximate surface area is 127 Å². The Hall–Kier alpha value is -2.69. The van der Waals surface area contributed by atoms with Crippen molar-refractivity contribution in [1.82, 2.24) is 5.32 Å². The number of benzene rings is 2. The number of carbonyl (C=O) groups excluding carboxylic acids is 2. The highest BCUT2D eigenvalue weighted by Crippen LogP contribution is 2.22. The van der Waals surface area contributed by atoms with Crippen LogP contribution in [-0.4, -0.2) is 17.9 Å². The number of fused-ring (bicyclic) bond motifs is 1. The molecule has 0 fully saturated rings. The van der Waals surface area contributed by atoms with Gasteiger partial charge in [-0.15, -0.1) is 0 Å². The molecule has 2 aromatic carbocycles. The maximum atomic E-state index is 13.3. The van der Waals surface area contributed by atoms with Crippen LogP contribution in [0, 0.1) is 12.7 Å². The van der Waals surface area contributed by atoms with Crippen molar-refractivity contribution in [3.05, 3.63) is 65.0 Å². The second kappa shape index (κ2) is 5.60. The van der Waals surface area contributed by atoms with Gasteiger partial charge in [-0.3, -0.25) is 9.59 Å². The first kappa shape index (κ1) is 14.3. The lowest BCUT2D eigenvalue weighted by Gasteiger charge is -2.14. The Morgan fingerprint density at radius 2 is 1.91 bits per heavy atom. The Morgan fingerprint density at radius 3 is 2.68 bits per heavy atom. The van der Waals surface area contributed by atoms with Gasteiger partial charge in [0.1, 0.15) is 11.9 Å². The first-order valence-electron chi connectivity index (χ1n) is 7.00. The average molecular weight is 298 g/mol. The van der Waals surface area contributed by atoms with Crippen LogP contribution >= 0.6 is 0 Å². The number of nitrogens with one attached hydrogen (secondary N) is 2. The summed E-state index contributed by atoms with van der Waals surface area (Å²) in [6, 6.07) is 10.6. The first-order valence-corrected chi connectivity index (χ1v) is 7.00. The summed E-state index contributed by atoms with van der Waals surface area (Å²) < 4.78 is 13.3. The molecule has 0 saturated carbocycles. The number of halogens is 1. The van der Waals surface area contributed by atoms with Crippen molar-refractivity contribution < 1.29 is 14.0 Å². The molecule has 0 saturated heterocycles. The lowest BCUT2D eigenvalue weighted by molar-refractivity contribution is -0.117. The van der Waals surface area contributed by atoms with Crippen molar-refractivity contribution in [3.63, 3.8) is 0 Å². The smallest absolute Gasteiger partial charge is 0.254 e. The molecule has 0 bridgehead atoms. The molecule has 1 aliphatic rings. The summed E-state index contributed by atoms with van der Waals surface area (Å²) in [4.78, 5) is 24.7. The zero-order valence-corrected chi connectivity index (χ0v) is 12.0. The van der Waals surface area contributed by atoms with Crippen molar-refractivity contribution in [2.45, 2.75) is 19.4 Å². The highest BCUT2D eigenvalue weighted by molar-refractivity contribution is 6.10. The monoisotopic (exact) mass is 298 g/mol. The maximum absolute atomic E-state index is 13.3. The molecular weight excluding hydrogens is 283 g/mol. The van der Waals surface area contributed by atoms with Crippen LogP contribution in [-0.2, 0) is 11.2 Å². The summed E-state index contributed by atoms with van der Waals surface area (Å²) >= 11 is 0. The van der Waals surface area contributed by atoms with E-state index in [0.29, 0.717) is 16.8 Å². The summed E-state index contributed by atoms with van der Waals surface area (Å²) in [6.07, 6.45) is 0.238. The number of carbonyl (C=O) groups is 2. The molecule has 0 radical (unpaired) electrons. The number of hydrogen-bond donors (Lipinski definition) is 2. The number of hydrogen-bond acceptors (Lipinski definition) is 2. The van der Waals surface area contributed by atoms with Crippen LogP contribution in [0.3, 0.4) is 0 Å². The Balaban J connectivity index is 1.89. The van der Waals surface area contributed by atoms with Gasteiger partial charge in [-0.1, -0.05) is 24.3 Å². The molecule has 2 aromatic rings. The lowest BCUT2D eigenvalue weighted by atomic mass is 10.0. The molecule has 2 amide bonds. The van der Waals surface area contributed by atoms with Crippen molar-refractivity contribution >= 4 is 17.5 Å². The number of amides is 2. The molecule has 1 heterocycles. The highest BCUT2D eigenvalue weighted by Gasteiger charge is 2.28. The molecule has 112 valence electrons. The molecule has 22 heavy (non-hydrogen) atoms. The summed E-state index contributed by atoms with van der Waals surface area (Å²) in [7, 11) is 0. The second-order valence-corrected chi connectivity index (χ2v) is 5.35. The van der Waals surface area contributed by atoms with Gasteiger partial charge in [0.2, 0.25) is 5.91 Å². The van der Waals surface area contributed by atoms with Crippen LogP contribution in [0.1, 0.15) is 21.5 Å². The topological polar surface area (TPSA) is 58.2 Å². The minimum atomic E-state index is -0.735. The van der Waals surface area contributed by atoms with Crippen LogP contribution in [0.25, 0.3) is 0 Å². The molecule has 2 N–H and O–H groups in total. The predicted molar refractivity (Wildman–Crippen MR) is 81.2 cm³/mol. The van der Waals surface area contributed by atoms with Gasteiger partial charge < -0.3 is 10.6 Å². The van der Waals surface area contributed by atoms with Gasteiger partial charge in [0.25, 0.3) is 5.91 Å². The van der Waals surface area contributed by atoms with Gasteiger partial charge in [0.15, 0.2) is 0 Å². The first-order chi connectivity index (χ1) is 10.5. The van der Waals surface area contributed by atoms with Gasteiger partial charge >= 0.3 is 0 Å². The fourth-order valence-electron chi connectivity index (χ4n) is 2.63. The third kappa shape index (κ3) is 2.70. The summed E-state index contributed by atoms with van der Waals surface area (Å²) in [5.74, 6) is -0.966. The molecule has 1 atom stereocenters. The largest absolute Gasteiger partial charge is 0.340 e. The van der Waals surface area contributed by atoms with Crippen LogP contribution in [0.4, 0.5) is 10.1 Å². The van der Waals surface area contributed by atoms with E-state index in [9.17, 15) is 14.0 Å². The number of rotatable bonds is 2. The Bertz CT molecular complexity index is 758. The van der Waals surface area contributed by atoms with Crippen molar-refractivity contribution in [1.29, 1.82) is 0 Å². The molecule has 0 spiro atoms. The van der Waals surface area contributed by atoms with Crippen molar-refractivity contribution in [2.75, 3.05) is 5.32 Å². The van der Waals surface area contributed by atoms with E-state index in [-0.39, 0.29) is 24.1 Å². The van der Waals surface area contributed by atoms with E-state index in [4.69, 9.17) is 0 Å². The third-order valence-corrected chi connectivity index (χ3v) is 3.71. The molecule has 0 aliphatic carbocycles. The fraction of sp³-hybridized carbons (Fsp3) is 0.176. The van der Waals surface area contributed by atoms with Crippen LogP contribution in [0.2, 0.25) is 0 Å². The summed E-state index contributed by atoms with van der Waals surface area (Å²) in [6.45, 7) is 1.82. The SMILES string of the molecule is Cc1cccc2c1C(=O)N[C@@H](Cc1cccc(F)c1)C(=O)N2. The minimum absolute atomic E-state index is 0.238. The quantitative estimate of drug-likeness (QED) is 0.894. The van der Waals surface area contributed by atoms with Crippen molar-refractivity contribution in [3.8, 4) is 0 Å². The number of aryl methyl sites for hydroxylation is 1. The standard InChI is InChI=1S/C17H15FN2O2/c1-10-4-2-7-13-15(10)17(22)20-14(16(21)19-13)9-11-5-3-6-12(18)8-11/h2-8,14H,9H2,1H3,(H,19,21)(H,20,22)/t14-/m0/s1. The lowest BCUT2D eigenvalue weighted by Crippen LogP contribution is -2.42. The number of anilines is 1. The van der Waals surface area contributed by atoms with Crippen molar-refractivity contribution in [2.24, 2.45) is 0 Å². The van der Waals surface area contributed by atoms with Gasteiger partial charge in [0.05, 0.1) is 11.3 Å². The van der Waals surface area contributed by atoms with E-state index in [1.165, 1.54) is 12.1 Å². The zero-order chi connectivity index (χ0) is 15.7. The van der Waals surface area contributed by atoms with Gasteiger partial charge in [-0.25, -0.2) is 4.39 Å². The molecular formula is C17H15FN2O2. The second-order valence-electron chi connectivity index (χ2n) is 5.35. The van der Waals surface area contributed by atoms with E-state index in [1.54, 1.807) is 24.3 Å². The summed E-state index contributed by atoms with van der Waals surface area (Å²) in [5.41, 5.74) is 2.42. The fourth-order valence-corrected chi connectivity index (χ4v) is 2.63. The van der Waals surface area contributed by atoms with E-state index >= 15 is 0 Å². The van der Waals surface area contributed by atoms with Crippen LogP contribution in [0.15, 0.2) is 42.5 Å². The van der Waals surface area contributed by atoms with E-state index in [2.05, 4.69) is 10.6 Å². The minimum Gasteiger partial charge on any atom is -0.340 e. The average Bonchev–Trinajstić information content (AvgIpc) is 2.57. The van der Waals surface area contributed by atoms with Crippen LogP contribution in [0.5, 0.6) is 0 Å². The molecule has 4 nitrogen and oxygen atoms in total. The Kier molecular flexibility index (Phi) is 3.63. The molecule has 0 aromatic heterocycles. The van der Waals surface area contributed by atoms with E-state index in [0.717, 1.165) is 5.56 Å². The zero-order valence-electron chi connectivity index (χ0n) is 12.0. The third-order valence-electron chi connectivity index (χ3n) is 3.71. The Morgan fingerprint density at radius 1 is 1.14 bits per heavy atom. The molecule has 1 aliphatic heterocycles. The van der Waals surface area contributed by atoms with Gasteiger partial charge in [0, 0.05) is 6.42 Å². The molecule has 0 unspecified atom stereocenters. The normalized spacial score (nSPS) is 17.3. The summed E-state index contributed by atoms with van der Waals surface area (Å²) in [5, 5.41) is 5.48. The van der Waals surface area contributed by atoms with Crippen LogP contribution < -0.4 is 10.6 Å². The predicted octanol–water partition coefficient (Wildman–Crippen LogP) is 2.43. The van der Waals surface area contributed by atoms with Gasteiger partial charge in [-0.2, -0.15) is 0 Å². The maximum Gasteiger partial charge on any atom is 0.254 e. The molecule has 3 rings (SSSR count). The molecule has 5 heteroatoms. The van der Waals surface area contributed by atoms with E-state index < -0.39 is 6.04 Å². The van der Waals surface area contributed by atoms with Gasteiger partial charge in [-0.05, 0) is 36.2 Å². The van der Waals surface area contributed by atoms with E-state index in [1.807, 2.05) is 13.0 Å². The highest BCUT2D eigenvalue weighted by atomic mass is 19.1.